The molecule has 0 aromatic heterocycles. The van der Waals surface area contributed by atoms with E-state index in [4.69, 9.17) is 0 Å². The highest BCUT2D eigenvalue weighted by Gasteiger charge is 2.10. The average Bonchev–Trinajstić information content (AvgIpc) is 2.20. The monoisotopic (exact) mass is 190 g/mol. The van der Waals surface area contributed by atoms with Gasteiger partial charge in [-0.1, -0.05) is 30.3 Å². The van der Waals surface area contributed by atoms with E-state index in [1.54, 1.807) is 0 Å². The Kier molecular flexibility index (Phi) is 2.74. The van der Waals surface area contributed by atoms with Crippen molar-refractivity contribution in [3.63, 3.8) is 0 Å². The lowest BCUT2D eigenvalue weighted by atomic mass is 9.93. The van der Waals surface area contributed by atoms with E-state index in [-0.39, 0.29) is 0 Å². The standard InChI is InChI=1S/C12H14S/c13-12-9-5-4-8-11(12)10-6-2-1-3-7-10/h1-3,6-7,13H,4-5,8-9H2. The Morgan fingerprint density at radius 1 is 0.923 bits per heavy atom. The first-order valence-corrected chi connectivity index (χ1v) is 5.29. The second kappa shape index (κ2) is 4.01. The van der Waals surface area contributed by atoms with Crippen LogP contribution in [0.5, 0.6) is 0 Å². The summed E-state index contributed by atoms with van der Waals surface area (Å²) in [5.41, 5.74) is 2.81. The fraction of sp³-hybridized carbons (Fsp3) is 0.333. The van der Waals surface area contributed by atoms with Crippen LogP contribution in [-0.4, -0.2) is 0 Å². The molecular weight excluding hydrogens is 176 g/mol. The maximum Gasteiger partial charge on any atom is -0.0146 e. The van der Waals surface area contributed by atoms with Gasteiger partial charge in [0.15, 0.2) is 0 Å². The van der Waals surface area contributed by atoms with Gasteiger partial charge in [0.2, 0.25) is 0 Å². The van der Waals surface area contributed by atoms with Crippen molar-refractivity contribution in [1.82, 2.24) is 0 Å². The van der Waals surface area contributed by atoms with E-state index in [0.29, 0.717) is 0 Å². The van der Waals surface area contributed by atoms with Crippen molar-refractivity contribution in [2.24, 2.45) is 0 Å². The Bertz CT molecular complexity index is 311. The van der Waals surface area contributed by atoms with Crippen LogP contribution >= 0.6 is 12.6 Å². The molecule has 0 amide bonds. The molecule has 0 atom stereocenters. The van der Waals surface area contributed by atoms with Gasteiger partial charge < -0.3 is 0 Å². The maximum absolute atomic E-state index is 4.55. The van der Waals surface area contributed by atoms with Crippen LogP contribution in [0.1, 0.15) is 31.2 Å². The van der Waals surface area contributed by atoms with Gasteiger partial charge in [0, 0.05) is 0 Å². The minimum absolute atomic E-state index is 1.16. The van der Waals surface area contributed by atoms with E-state index in [1.807, 2.05) is 0 Å². The summed E-state index contributed by atoms with van der Waals surface area (Å²) in [6, 6.07) is 10.6. The fourth-order valence-corrected chi connectivity index (χ4v) is 2.24. The molecule has 0 N–H and O–H groups in total. The molecule has 0 aliphatic heterocycles. The van der Waals surface area contributed by atoms with Gasteiger partial charge in [0.1, 0.15) is 0 Å². The van der Waals surface area contributed by atoms with E-state index in [9.17, 15) is 0 Å². The highest BCUT2D eigenvalue weighted by molar-refractivity contribution is 7.84. The van der Waals surface area contributed by atoms with Crippen molar-refractivity contribution in [1.29, 1.82) is 0 Å². The largest absolute Gasteiger partial charge is 0.148 e. The molecule has 1 aliphatic carbocycles. The van der Waals surface area contributed by atoms with Crippen molar-refractivity contribution in [3.8, 4) is 0 Å². The summed E-state index contributed by atoms with van der Waals surface area (Å²) < 4.78 is 0. The molecule has 0 unspecified atom stereocenters. The third-order valence-corrected chi connectivity index (χ3v) is 3.05. The molecule has 0 heterocycles. The number of allylic oxidation sites excluding steroid dienone is 2. The normalized spacial score (nSPS) is 17.6. The fourth-order valence-electron chi connectivity index (χ4n) is 1.84. The van der Waals surface area contributed by atoms with Crippen molar-refractivity contribution in [3.05, 3.63) is 40.8 Å². The number of hydrogen-bond donors (Lipinski definition) is 1. The van der Waals surface area contributed by atoms with Crippen LogP contribution in [0.3, 0.4) is 0 Å². The first-order valence-electron chi connectivity index (χ1n) is 4.84. The van der Waals surface area contributed by atoms with E-state index < -0.39 is 0 Å². The van der Waals surface area contributed by atoms with E-state index in [1.165, 1.54) is 35.3 Å². The highest BCUT2D eigenvalue weighted by atomic mass is 32.1. The number of rotatable bonds is 1. The molecular formula is C12H14S. The molecule has 0 saturated heterocycles. The zero-order valence-electron chi connectivity index (χ0n) is 7.66. The van der Waals surface area contributed by atoms with E-state index in [0.717, 1.165) is 6.42 Å². The Morgan fingerprint density at radius 3 is 2.31 bits per heavy atom. The first kappa shape index (κ1) is 8.89. The van der Waals surface area contributed by atoms with Crippen LogP contribution in [-0.2, 0) is 0 Å². The second-order valence-electron chi connectivity index (χ2n) is 3.50. The van der Waals surface area contributed by atoms with Crippen LogP contribution in [0, 0.1) is 0 Å². The zero-order valence-corrected chi connectivity index (χ0v) is 8.56. The van der Waals surface area contributed by atoms with Gasteiger partial charge in [-0.15, -0.1) is 12.6 Å². The first-order chi connectivity index (χ1) is 6.38. The van der Waals surface area contributed by atoms with Gasteiger partial charge in [-0.2, -0.15) is 0 Å². The Morgan fingerprint density at radius 2 is 1.62 bits per heavy atom. The molecule has 0 spiro atoms. The third-order valence-electron chi connectivity index (χ3n) is 2.56. The number of thiol groups is 1. The molecule has 0 saturated carbocycles. The summed E-state index contributed by atoms with van der Waals surface area (Å²) in [6.07, 6.45) is 4.97. The van der Waals surface area contributed by atoms with Gasteiger partial charge in [-0.05, 0) is 41.7 Å². The SMILES string of the molecule is SC1=C(c2ccccc2)CCCC1. The molecule has 0 radical (unpaired) electrons. The van der Waals surface area contributed by atoms with E-state index in [2.05, 4.69) is 43.0 Å². The molecule has 1 aliphatic rings. The maximum atomic E-state index is 4.55. The van der Waals surface area contributed by atoms with Gasteiger partial charge in [0.05, 0.1) is 0 Å². The average molecular weight is 190 g/mol. The Hall–Kier alpha value is -0.690. The minimum atomic E-state index is 1.16. The molecule has 0 fully saturated rings. The lowest BCUT2D eigenvalue weighted by Crippen LogP contribution is -1.95. The summed E-state index contributed by atoms with van der Waals surface area (Å²) in [5, 5.41) is 0. The van der Waals surface area contributed by atoms with Gasteiger partial charge in [0.25, 0.3) is 0 Å². The highest BCUT2D eigenvalue weighted by Crippen LogP contribution is 2.33. The topological polar surface area (TPSA) is 0 Å². The Balaban J connectivity index is 2.35. The molecule has 13 heavy (non-hydrogen) atoms. The van der Waals surface area contributed by atoms with Crippen molar-refractivity contribution in [2.45, 2.75) is 25.7 Å². The summed E-state index contributed by atoms with van der Waals surface area (Å²) in [5.74, 6) is 0. The number of benzene rings is 1. The van der Waals surface area contributed by atoms with Gasteiger partial charge in [-0.3, -0.25) is 0 Å². The predicted octanol–water partition coefficient (Wildman–Crippen LogP) is 3.90. The third kappa shape index (κ3) is 1.97. The van der Waals surface area contributed by atoms with Crippen LogP contribution in [0.4, 0.5) is 0 Å². The molecule has 1 aromatic carbocycles. The zero-order chi connectivity index (χ0) is 9.10. The van der Waals surface area contributed by atoms with Crippen LogP contribution in [0.25, 0.3) is 5.57 Å². The van der Waals surface area contributed by atoms with Crippen molar-refractivity contribution < 1.29 is 0 Å². The molecule has 68 valence electrons. The smallest absolute Gasteiger partial charge is 0.0146 e. The second-order valence-corrected chi connectivity index (χ2v) is 4.04. The van der Waals surface area contributed by atoms with Crippen molar-refractivity contribution >= 4 is 18.2 Å². The summed E-state index contributed by atoms with van der Waals surface area (Å²) in [4.78, 5) is 1.29. The lowest BCUT2D eigenvalue weighted by Gasteiger charge is -2.16. The molecule has 1 heteroatoms. The van der Waals surface area contributed by atoms with Crippen LogP contribution < -0.4 is 0 Å². The van der Waals surface area contributed by atoms with Crippen LogP contribution in [0.15, 0.2) is 35.2 Å². The molecule has 2 rings (SSSR count). The van der Waals surface area contributed by atoms with Gasteiger partial charge in [-0.25, -0.2) is 0 Å². The quantitative estimate of drug-likeness (QED) is 0.638. The lowest BCUT2D eigenvalue weighted by molar-refractivity contribution is 0.736. The van der Waals surface area contributed by atoms with E-state index >= 15 is 0 Å². The summed E-state index contributed by atoms with van der Waals surface area (Å²) in [7, 11) is 0. The van der Waals surface area contributed by atoms with Crippen LogP contribution in [0.2, 0.25) is 0 Å². The van der Waals surface area contributed by atoms with Gasteiger partial charge >= 0.3 is 0 Å². The van der Waals surface area contributed by atoms with Crippen molar-refractivity contribution in [2.75, 3.05) is 0 Å². The number of hydrogen-bond acceptors (Lipinski definition) is 1. The molecule has 1 aromatic rings. The summed E-state index contributed by atoms with van der Waals surface area (Å²) >= 11 is 4.55. The molecule has 0 bridgehead atoms. The summed E-state index contributed by atoms with van der Waals surface area (Å²) in [6.45, 7) is 0. The minimum Gasteiger partial charge on any atom is -0.148 e. The Labute approximate surface area is 85.1 Å². The molecule has 0 nitrogen and oxygen atoms in total. The predicted molar refractivity (Wildman–Crippen MR) is 60.8 cm³/mol.